The Morgan fingerprint density at radius 2 is 2.17 bits per heavy atom. The Balaban J connectivity index is 1.65. The molecule has 1 aromatic carbocycles. The molecule has 0 unspecified atom stereocenters. The first-order chi connectivity index (χ1) is 11.8. The van der Waals surface area contributed by atoms with Crippen molar-refractivity contribution in [2.45, 2.75) is 19.8 Å². The highest BCUT2D eigenvalue weighted by molar-refractivity contribution is 5.64. The molecule has 0 aliphatic heterocycles. The number of imidazole rings is 1. The van der Waals surface area contributed by atoms with Crippen LogP contribution in [0.25, 0.3) is 16.9 Å². The van der Waals surface area contributed by atoms with E-state index in [9.17, 15) is 0 Å². The molecule has 0 fully saturated rings. The molecular formula is C20H20N4. The Kier molecular flexibility index (Phi) is 3.87. The minimum atomic E-state index is 0.820. The lowest BCUT2D eigenvalue weighted by atomic mass is 10.1. The molecule has 0 saturated carbocycles. The summed E-state index contributed by atoms with van der Waals surface area (Å²) >= 11 is 0. The van der Waals surface area contributed by atoms with Gasteiger partial charge in [-0.1, -0.05) is 43.4 Å². The number of fused-ring (bicyclic) bond motifs is 1. The molecule has 0 amide bonds. The van der Waals surface area contributed by atoms with E-state index in [1.807, 2.05) is 22.8 Å². The van der Waals surface area contributed by atoms with Gasteiger partial charge in [0, 0.05) is 12.1 Å². The molecule has 2 aromatic heterocycles. The Labute approximate surface area is 141 Å². The molecule has 4 rings (SSSR count). The number of nitrogens with zero attached hydrogens (tertiary/aromatic N) is 3. The van der Waals surface area contributed by atoms with Gasteiger partial charge in [-0.2, -0.15) is 0 Å². The van der Waals surface area contributed by atoms with E-state index in [0.717, 1.165) is 42.1 Å². The van der Waals surface area contributed by atoms with Crippen molar-refractivity contribution < 1.29 is 0 Å². The van der Waals surface area contributed by atoms with Crippen LogP contribution in [-0.4, -0.2) is 21.1 Å². The van der Waals surface area contributed by atoms with Crippen LogP contribution in [0, 0.1) is 0 Å². The molecule has 1 aliphatic rings. The van der Waals surface area contributed by atoms with Crippen molar-refractivity contribution in [2.24, 2.45) is 0 Å². The quantitative estimate of drug-likeness (QED) is 0.765. The summed E-state index contributed by atoms with van der Waals surface area (Å²) in [6.45, 7) is 2.99. The lowest BCUT2D eigenvalue weighted by Gasteiger charge is -2.08. The Hall–Kier alpha value is -2.88. The zero-order valence-electron chi connectivity index (χ0n) is 13.7. The maximum atomic E-state index is 4.72. The highest BCUT2D eigenvalue weighted by atomic mass is 15.3. The molecule has 4 nitrogen and oxygen atoms in total. The standard InChI is InChI=1S/C20H20N4/c1-2-15-8-5-9-17(12-15)18-14-22-20-11-10-19(23-24(18)20)21-13-16-6-3-4-7-16/h3-6,8-12,14H,2,7,13H2,1H3,(H,21,23). The third kappa shape index (κ3) is 2.83. The number of hydrogen-bond acceptors (Lipinski definition) is 3. The highest BCUT2D eigenvalue weighted by Gasteiger charge is 2.09. The van der Waals surface area contributed by atoms with Crippen molar-refractivity contribution in [2.75, 3.05) is 11.9 Å². The first kappa shape index (κ1) is 14.7. The van der Waals surface area contributed by atoms with Gasteiger partial charge >= 0.3 is 0 Å². The second kappa shape index (κ2) is 6.32. The van der Waals surface area contributed by atoms with E-state index in [0.29, 0.717) is 0 Å². The number of aryl methyl sites for hydroxylation is 1. The summed E-state index contributed by atoms with van der Waals surface area (Å²) in [6.07, 6.45) is 10.4. The minimum absolute atomic E-state index is 0.820. The second-order valence-corrected chi connectivity index (χ2v) is 6.00. The van der Waals surface area contributed by atoms with Crippen LogP contribution in [0.2, 0.25) is 0 Å². The van der Waals surface area contributed by atoms with Crippen molar-refractivity contribution in [3.63, 3.8) is 0 Å². The van der Waals surface area contributed by atoms with Crippen LogP contribution in [0.1, 0.15) is 18.9 Å². The SMILES string of the molecule is CCc1cccc(-c2cnc3ccc(NCC4=CC=CC4)nn23)c1. The third-order valence-electron chi connectivity index (χ3n) is 4.34. The average Bonchev–Trinajstić information content (AvgIpc) is 3.29. The average molecular weight is 316 g/mol. The largest absolute Gasteiger partial charge is 0.365 e. The fourth-order valence-corrected chi connectivity index (χ4v) is 2.94. The maximum absolute atomic E-state index is 4.72. The molecule has 0 atom stereocenters. The van der Waals surface area contributed by atoms with Crippen LogP contribution in [0.5, 0.6) is 0 Å². The highest BCUT2D eigenvalue weighted by Crippen LogP contribution is 2.22. The molecule has 0 radical (unpaired) electrons. The first-order valence-corrected chi connectivity index (χ1v) is 8.36. The summed E-state index contributed by atoms with van der Waals surface area (Å²) in [6, 6.07) is 12.5. The van der Waals surface area contributed by atoms with Crippen molar-refractivity contribution in [1.82, 2.24) is 14.6 Å². The monoisotopic (exact) mass is 316 g/mol. The zero-order chi connectivity index (χ0) is 16.4. The fourth-order valence-electron chi connectivity index (χ4n) is 2.94. The van der Waals surface area contributed by atoms with Gasteiger partial charge in [-0.3, -0.25) is 0 Å². The molecule has 0 bridgehead atoms. The molecule has 24 heavy (non-hydrogen) atoms. The summed E-state index contributed by atoms with van der Waals surface area (Å²) in [7, 11) is 0. The number of aromatic nitrogens is 3. The van der Waals surface area contributed by atoms with E-state index < -0.39 is 0 Å². The van der Waals surface area contributed by atoms with Crippen molar-refractivity contribution in [1.29, 1.82) is 0 Å². The molecule has 1 aliphatic carbocycles. The molecule has 1 N–H and O–H groups in total. The molecule has 2 heterocycles. The number of nitrogens with one attached hydrogen (secondary N) is 1. The van der Waals surface area contributed by atoms with E-state index in [2.05, 4.69) is 59.7 Å². The summed E-state index contributed by atoms with van der Waals surface area (Å²) in [4.78, 5) is 4.48. The van der Waals surface area contributed by atoms with E-state index >= 15 is 0 Å². The van der Waals surface area contributed by atoms with Crippen LogP contribution in [0.4, 0.5) is 5.82 Å². The van der Waals surface area contributed by atoms with Crippen LogP contribution in [0.3, 0.4) is 0 Å². The van der Waals surface area contributed by atoms with E-state index in [-0.39, 0.29) is 0 Å². The molecule has 0 spiro atoms. The molecule has 120 valence electrons. The normalized spacial score (nSPS) is 13.5. The summed E-state index contributed by atoms with van der Waals surface area (Å²) in [5, 5.41) is 8.13. The Morgan fingerprint density at radius 1 is 1.21 bits per heavy atom. The van der Waals surface area contributed by atoms with Gasteiger partial charge in [-0.15, -0.1) is 5.10 Å². The first-order valence-electron chi connectivity index (χ1n) is 8.36. The number of rotatable bonds is 5. The predicted octanol–water partition coefficient (Wildman–Crippen LogP) is 4.26. The molecule has 4 heteroatoms. The third-order valence-corrected chi connectivity index (χ3v) is 4.34. The predicted molar refractivity (Wildman–Crippen MR) is 98.1 cm³/mol. The topological polar surface area (TPSA) is 42.2 Å². The fraction of sp³-hybridized carbons (Fsp3) is 0.200. The van der Waals surface area contributed by atoms with Crippen molar-refractivity contribution in [3.8, 4) is 11.3 Å². The van der Waals surface area contributed by atoms with Crippen LogP contribution >= 0.6 is 0 Å². The number of benzene rings is 1. The van der Waals surface area contributed by atoms with Crippen LogP contribution in [-0.2, 0) is 6.42 Å². The zero-order valence-corrected chi connectivity index (χ0v) is 13.7. The Bertz CT molecular complexity index is 934. The van der Waals surface area contributed by atoms with E-state index in [1.54, 1.807) is 0 Å². The van der Waals surface area contributed by atoms with Gasteiger partial charge in [-0.25, -0.2) is 9.50 Å². The van der Waals surface area contributed by atoms with Gasteiger partial charge in [-0.05, 0) is 42.2 Å². The van der Waals surface area contributed by atoms with Crippen LogP contribution in [0.15, 0.2) is 66.4 Å². The summed E-state index contributed by atoms with van der Waals surface area (Å²) in [5.74, 6) is 0.862. The van der Waals surface area contributed by atoms with Gasteiger partial charge in [0.25, 0.3) is 0 Å². The number of hydrogen-bond donors (Lipinski definition) is 1. The van der Waals surface area contributed by atoms with Gasteiger partial charge in [0.05, 0.1) is 11.9 Å². The molecule has 0 saturated heterocycles. The Morgan fingerprint density at radius 3 is 3.00 bits per heavy atom. The lowest BCUT2D eigenvalue weighted by molar-refractivity contribution is 0.935. The smallest absolute Gasteiger partial charge is 0.154 e. The van der Waals surface area contributed by atoms with Crippen LogP contribution < -0.4 is 5.32 Å². The van der Waals surface area contributed by atoms with Gasteiger partial charge in [0.2, 0.25) is 0 Å². The van der Waals surface area contributed by atoms with Gasteiger partial charge in [0.15, 0.2) is 5.65 Å². The number of anilines is 1. The molecular weight excluding hydrogens is 296 g/mol. The van der Waals surface area contributed by atoms with E-state index in [1.165, 1.54) is 11.1 Å². The number of allylic oxidation sites excluding steroid dienone is 3. The molecule has 3 aromatic rings. The minimum Gasteiger partial charge on any atom is -0.365 e. The van der Waals surface area contributed by atoms with Crippen molar-refractivity contribution >= 4 is 11.5 Å². The van der Waals surface area contributed by atoms with Gasteiger partial charge < -0.3 is 5.32 Å². The van der Waals surface area contributed by atoms with Gasteiger partial charge in [0.1, 0.15) is 5.82 Å². The van der Waals surface area contributed by atoms with Crippen molar-refractivity contribution in [3.05, 3.63) is 72.0 Å². The lowest BCUT2D eigenvalue weighted by Crippen LogP contribution is -2.07. The summed E-state index contributed by atoms with van der Waals surface area (Å²) < 4.78 is 1.92. The van der Waals surface area contributed by atoms with E-state index in [4.69, 9.17) is 5.10 Å². The maximum Gasteiger partial charge on any atom is 0.154 e. The summed E-state index contributed by atoms with van der Waals surface area (Å²) in [5.41, 5.74) is 5.72. The second-order valence-electron chi connectivity index (χ2n) is 6.00.